The van der Waals surface area contributed by atoms with Gasteiger partial charge in [-0.15, -0.1) is 11.3 Å². The van der Waals surface area contributed by atoms with Gasteiger partial charge in [-0.05, 0) is 19.3 Å². The van der Waals surface area contributed by atoms with Gasteiger partial charge in [0, 0.05) is 11.6 Å². The van der Waals surface area contributed by atoms with E-state index in [9.17, 15) is 9.90 Å². The average molecular weight is 212 g/mol. The van der Waals surface area contributed by atoms with Crippen LogP contribution in [-0.2, 0) is 4.79 Å². The highest BCUT2D eigenvalue weighted by molar-refractivity contribution is 7.13. The lowest BCUT2D eigenvalue weighted by atomic mass is 10.1. The van der Waals surface area contributed by atoms with Crippen molar-refractivity contribution >= 4 is 22.4 Å². The van der Waals surface area contributed by atoms with E-state index in [2.05, 4.69) is 10.3 Å². The van der Waals surface area contributed by atoms with Crippen molar-refractivity contribution in [3.63, 3.8) is 0 Å². The number of carbonyl (C=O) groups excluding carboxylic acids is 1. The van der Waals surface area contributed by atoms with Gasteiger partial charge in [-0.25, -0.2) is 4.98 Å². The van der Waals surface area contributed by atoms with E-state index in [-0.39, 0.29) is 11.8 Å². The van der Waals surface area contributed by atoms with Crippen LogP contribution in [0.25, 0.3) is 0 Å². The molecule has 2 atom stereocenters. The summed E-state index contributed by atoms with van der Waals surface area (Å²) in [6, 6.07) is 0. The van der Waals surface area contributed by atoms with Gasteiger partial charge in [0.25, 0.3) is 0 Å². The highest BCUT2D eigenvalue weighted by atomic mass is 32.1. The minimum atomic E-state index is -0.477. The van der Waals surface area contributed by atoms with Crippen LogP contribution >= 0.6 is 11.3 Å². The fourth-order valence-electron chi connectivity index (χ4n) is 1.73. The Kier molecular flexibility index (Phi) is 2.79. The summed E-state index contributed by atoms with van der Waals surface area (Å²) in [4.78, 5) is 15.6. The fourth-order valence-corrected chi connectivity index (χ4v) is 2.26. The summed E-state index contributed by atoms with van der Waals surface area (Å²) in [6.45, 7) is 0. The monoisotopic (exact) mass is 212 g/mol. The first-order chi connectivity index (χ1) is 6.77. The molecule has 1 aliphatic rings. The SMILES string of the molecule is O=C(Nc1nccs1)C1CCCC1O. The Labute approximate surface area is 86.0 Å². The Morgan fingerprint density at radius 2 is 2.50 bits per heavy atom. The van der Waals surface area contributed by atoms with Crippen LogP contribution in [0.3, 0.4) is 0 Å². The predicted octanol–water partition coefficient (Wildman–Crippen LogP) is 1.24. The molecular weight excluding hydrogens is 200 g/mol. The predicted molar refractivity (Wildman–Crippen MR) is 54.1 cm³/mol. The molecule has 1 aromatic heterocycles. The lowest BCUT2D eigenvalue weighted by Crippen LogP contribution is -2.28. The van der Waals surface area contributed by atoms with Crippen molar-refractivity contribution in [2.24, 2.45) is 5.92 Å². The van der Waals surface area contributed by atoms with E-state index < -0.39 is 6.10 Å². The topological polar surface area (TPSA) is 62.2 Å². The Hall–Kier alpha value is -0.940. The summed E-state index contributed by atoms with van der Waals surface area (Å²) < 4.78 is 0. The lowest BCUT2D eigenvalue weighted by molar-refractivity contribution is -0.122. The maximum atomic E-state index is 11.6. The summed E-state index contributed by atoms with van der Waals surface area (Å²) in [5, 5.41) is 14.6. The Morgan fingerprint density at radius 1 is 1.64 bits per heavy atom. The maximum Gasteiger partial charge on any atom is 0.231 e. The first-order valence-electron chi connectivity index (χ1n) is 4.66. The summed E-state index contributed by atoms with van der Waals surface area (Å²) in [5.74, 6) is -0.358. The van der Waals surface area contributed by atoms with Gasteiger partial charge in [-0.3, -0.25) is 4.79 Å². The number of anilines is 1. The van der Waals surface area contributed by atoms with Crippen LogP contribution in [0.1, 0.15) is 19.3 Å². The molecule has 0 radical (unpaired) electrons. The highest BCUT2D eigenvalue weighted by Gasteiger charge is 2.31. The number of hydrogen-bond acceptors (Lipinski definition) is 4. The van der Waals surface area contributed by atoms with E-state index in [1.54, 1.807) is 11.6 Å². The van der Waals surface area contributed by atoms with Crippen molar-refractivity contribution in [3.05, 3.63) is 11.6 Å². The van der Waals surface area contributed by atoms with Gasteiger partial charge in [0.2, 0.25) is 5.91 Å². The summed E-state index contributed by atoms with van der Waals surface area (Å²) >= 11 is 1.39. The van der Waals surface area contributed by atoms with Crippen LogP contribution in [0.5, 0.6) is 0 Å². The molecule has 1 aliphatic carbocycles. The number of amides is 1. The minimum Gasteiger partial charge on any atom is -0.392 e. The quantitative estimate of drug-likeness (QED) is 0.775. The van der Waals surface area contributed by atoms with E-state index in [1.807, 2.05) is 0 Å². The molecule has 2 N–H and O–H groups in total. The first-order valence-corrected chi connectivity index (χ1v) is 5.54. The third-order valence-corrected chi connectivity index (χ3v) is 3.17. The molecule has 5 heteroatoms. The van der Waals surface area contributed by atoms with Gasteiger partial charge in [-0.1, -0.05) is 0 Å². The number of aliphatic hydroxyl groups is 1. The van der Waals surface area contributed by atoms with Gasteiger partial charge < -0.3 is 10.4 Å². The molecule has 2 unspecified atom stereocenters. The third kappa shape index (κ3) is 1.93. The number of hydrogen-bond donors (Lipinski definition) is 2. The van der Waals surface area contributed by atoms with Crippen molar-refractivity contribution < 1.29 is 9.90 Å². The second-order valence-electron chi connectivity index (χ2n) is 3.43. The Balaban J connectivity index is 1.95. The van der Waals surface area contributed by atoms with E-state index in [1.165, 1.54) is 11.3 Å². The molecule has 1 saturated carbocycles. The van der Waals surface area contributed by atoms with Crippen LogP contribution in [0.2, 0.25) is 0 Å². The Bertz CT molecular complexity index is 313. The summed E-state index contributed by atoms with van der Waals surface area (Å²) in [5.41, 5.74) is 0. The van der Waals surface area contributed by atoms with Crippen LogP contribution in [0, 0.1) is 5.92 Å². The molecule has 1 fully saturated rings. The largest absolute Gasteiger partial charge is 0.392 e. The van der Waals surface area contributed by atoms with E-state index >= 15 is 0 Å². The third-order valence-electron chi connectivity index (χ3n) is 2.48. The second kappa shape index (κ2) is 4.06. The molecule has 14 heavy (non-hydrogen) atoms. The van der Waals surface area contributed by atoms with E-state index in [0.29, 0.717) is 5.13 Å². The van der Waals surface area contributed by atoms with Gasteiger partial charge >= 0.3 is 0 Å². The van der Waals surface area contributed by atoms with Crippen molar-refractivity contribution in [2.75, 3.05) is 5.32 Å². The summed E-state index contributed by atoms with van der Waals surface area (Å²) in [7, 11) is 0. The molecule has 1 aromatic rings. The van der Waals surface area contributed by atoms with Gasteiger partial charge in [0.15, 0.2) is 5.13 Å². The molecule has 0 aromatic carbocycles. The van der Waals surface area contributed by atoms with Crippen molar-refractivity contribution in [1.82, 2.24) is 4.98 Å². The van der Waals surface area contributed by atoms with Gasteiger partial charge in [0.1, 0.15) is 0 Å². The zero-order valence-electron chi connectivity index (χ0n) is 7.64. The zero-order chi connectivity index (χ0) is 9.97. The molecule has 4 nitrogen and oxygen atoms in total. The molecular formula is C9H12N2O2S. The van der Waals surface area contributed by atoms with Crippen molar-refractivity contribution in [2.45, 2.75) is 25.4 Å². The first kappa shape index (κ1) is 9.61. The van der Waals surface area contributed by atoms with Gasteiger partial charge in [-0.2, -0.15) is 0 Å². The smallest absolute Gasteiger partial charge is 0.231 e. The maximum absolute atomic E-state index is 11.6. The number of thiazole rings is 1. The molecule has 0 bridgehead atoms. The van der Waals surface area contributed by atoms with Gasteiger partial charge in [0.05, 0.1) is 12.0 Å². The van der Waals surface area contributed by atoms with E-state index in [4.69, 9.17) is 0 Å². The van der Waals surface area contributed by atoms with Crippen LogP contribution < -0.4 is 5.32 Å². The standard InChI is InChI=1S/C9H12N2O2S/c12-7-3-1-2-6(7)8(13)11-9-10-4-5-14-9/h4-7,12H,1-3H2,(H,10,11,13). The fraction of sp³-hybridized carbons (Fsp3) is 0.556. The van der Waals surface area contributed by atoms with Crippen LogP contribution in [0.4, 0.5) is 5.13 Å². The Morgan fingerprint density at radius 3 is 3.07 bits per heavy atom. The molecule has 0 saturated heterocycles. The number of rotatable bonds is 2. The number of aliphatic hydroxyl groups excluding tert-OH is 1. The average Bonchev–Trinajstić information content (AvgIpc) is 2.75. The van der Waals surface area contributed by atoms with Crippen molar-refractivity contribution in [3.8, 4) is 0 Å². The molecule has 2 rings (SSSR count). The molecule has 1 heterocycles. The zero-order valence-corrected chi connectivity index (χ0v) is 8.46. The molecule has 1 amide bonds. The number of nitrogens with one attached hydrogen (secondary N) is 1. The highest BCUT2D eigenvalue weighted by Crippen LogP contribution is 2.26. The summed E-state index contributed by atoms with van der Waals surface area (Å²) in [6.07, 6.45) is 3.60. The normalized spacial score (nSPS) is 26.4. The second-order valence-corrected chi connectivity index (χ2v) is 4.33. The molecule has 0 spiro atoms. The minimum absolute atomic E-state index is 0.107. The molecule has 0 aliphatic heterocycles. The lowest BCUT2D eigenvalue weighted by Gasteiger charge is -2.12. The molecule has 76 valence electrons. The van der Waals surface area contributed by atoms with Crippen LogP contribution in [-0.4, -0.2) is 22.1 Å². The van der Waals surface area contributed by atoms with Crippen LogP contribution in [0.15, 0.2) is 11.6 Å². The number of aromatic nitrogens is 1. The number of carbonyl (C=O) groups is 1. The number of nitrogens with zero attached hydrogens (tertiary/aromatic N) is 1. The van der Waals surface area contributed by atoms with Crippen molar-refractivity contribution in [1.29, 1.82) is 0 Å². The van der Waals surface area contributed by atoms with E-state index in [0.717, 1.165) is 19.3 Å².